The van der Waals surface area contributed by atoms with Crippen LogP contribution in [0.3, 0.4) is 0 Å². The predicted molar refractivity (Wildman–Crippen MR) is 85.2 cm³/mol. The number of carboxylic acid groups (broad SMARTS) is 1. The highest BCUT2D eigenvalue weighted by Crippen LogP contribution is 1.97. The first kappa shape index (κ1) is 23.2. The Balaban J connectivity index is 4.90. The summed E-state index contributed by atoms with van der Waals surface area (Å²) in [7, 11) is 0. The number of carbonyl (C=O) groups is 5. The van der Waals surface area contributed by atoms with Crippen molar-refractivity contribution in [1.29, 1.82) is 0 Å². The number of Topliss-reactive ketones (excluding diaryl/α,β-unsaturated/α-hetero) is 1. The van der Waals surface area contributed by atoms with Gasteiger partial charge in [0.05, 0.1) is 12.7 Å². The monoisotopic (exact) mass is 377 g/mol. The Hall–Kier alpha value is -2.77. The lowest BCUT2D eigenvalue weighted by molar-refractivity contribution is -0.141. The van der Waals surface area contributed by atoms with Gasteiger partial charge in [0.15, 0.2) is 6.04 Å². The summed E-state index contributed by atoms with van der Waals surface area (Å²) in [4.78, 5) is 57.4. The van der Waals surface area contributed by atoms with E-state index in [0.29, 0.717) is 0 Å². The molecule has 4 atom stereocenters. The molecule has 0 radical (unpaired) electrons. The summed E-state index contributed by atoms with van der Waals surface area (Å²) in [5, 5.41) is 30.9. The minimum Gasteiger partial charge on any atom is -0.480 e. The van der Waals surface area contributed by atoms with Crippen LogP contribution >= 0.6 is 0 Å². The van der Waals surface area contributed by atoms with E-state index in [4.69, 9.17) is 15.9 Å². The summed E-state index contributed by atoms with van der Waals surface area (Å²) in [5.74, 6) is -3.88. The number of nitrogens with two attached hydrogens (primary N) is 1. The number of ketones is 1. The topological polar surface area (TPSA) is 220 Å². The van der Waals surface area contributed by atoms with E-state index < -0.39 is 66.9 Å². The Morgan fingerprint density at radius 3 is 2.00 bits per heavy atom. The maximum Gasteiger partial charge on any atom is 0.328 e. The molecule has 0 saturated carbocycles. The highest BCUT2D eigenvalue weighted by Gasteiger charge is 2.28. The van der Waals surface area contributed by atoms with Gasteiger partial charge in [0, 0.05) is 6.42 Å². The third-order valence-corrected chi connectivity index (χ3v) is 2.99. The van der Waals surface area contributed by atoms with Crippen LogP contribution in [0.4, 0.5) is 4.79 Å². The molecule has 0 spiro atoms. The Bertz CT molecular complexity index is 553. The van der Waals surface area contributed by atoms with Crippen LogP contribution in [0.5, 0.6) is 0 Å². The lowest BCUT2D eigenvalue weighted by Gasteiger charge is -2.21. The van der Waals surface area contributed by atoms with Crippen molar-refractivity contribution in [2.45, 2.75) is 44.5 Å². The van der Waals surface area contributed by atoms with Crippen molar-refractivity contribution in [3.63, 3.8) is 0 Å². The number of aliphatic hydroxyl groups excluding tert-OH is 2. The van der Waals surface area contributed by atoms with Gasteiger partial charge in [0.1, 0.15) is 17.9 Å². The van der Waals surface area contributed by atoms with Crippen molar-refractivity contribution >= 4 is 29.6 Å². The smallest absolute Gasteiger partial charge is 0.328 e. The van der Waals surface area contributed by atoms with Gasteiger partial charge in [0.25, 0.3) is 11.8 Å². The first-order valence-corrected chi connectivity index (χ1v) is 7.43. The lowest BCUT2D eigenvalue weighted by atomic mass is 10.1. The van der Waals surface area contributed by atoms with Gasteiger partial charge in [-0.05, 0) is 13.8 Å². The fourth-order valence-electron chi connectivity index (χ4n) is 1.61. The van der Waals surface area contributed by atoms with Crippen molar-refractivity contribution in [1.82, 2.24) is 21.5 Å². The highest BCUT2D eigenvalue weighted by molar-refractivity contribution is 5.93. The molecule has 0 aromatic rings. The Labute approximate surface area is 148 Å². The second-order valence-corrected chi connectivity index (χ2v) is 5.40. The van der Waals surface area contributed by atoms with Crippen molar-refractivity contribution in [2.75, 3.05) is 6.61 Å². The fraction of sp³-hybridized carbons (Fsp3) is 0.615. The van der Waals surface area contributed by atoms with Crippen molar-refractivity contribution in [3.05, 3.63) is 0 Å². The van der Waals surface area contributed by atoms with Crippen LogP contribution in [0.25, 0.3) is 0 Å². The number of hydrogen-bond donors (Lipinski definition) is 8. The number of urea groups is 1. The Kier molecular flexibility index (Phi) is 9.80. The average molecular weight is 377 g/mol. The lowest BCUT2D eigenvalue weighted by Crippen LogP contribution is -2.59. The van der Waals surface area contributed by atoms with Crippen LogP contribution in [0, 0.1) is 0 Å². The van der Waals surface area contributed by atoms with Crippen LogP contribution < -0.4 is 27.2 Å². The predicted octanol–water partition coefficient (Wildman–Crippen LogP) is -4.07. The van der Waals surface area contributed by atoms with Gasteiger partial charge in [-0.2, -0.15) is 0 Å². The second kappa shape index (κ2) is 11.0. The van der Waals surface area contributed by atoms with Crippen molar-refractivity contribution < 1.29 is 39.3 Å². The second-order valence-electron chi connectivity index (χ2n) is 5.40. The molecule has 0 aromatic heterocycles. The van der Waals surface area contributed by atoms with Gasteiger partial charge in [-0.25, -0.2) is 9.59 Å². The molecule has 1 unspecified atom stereocenters. The molecular formula is C13H23N5O8. The van der Waals surface area contributed by atoms with E-state index in [0.717, 1.165) is 13.8 Å². The number of hydrogen-bond acceptors (Lipinski definition) is 8. The fourth-order valence-corrected chi connectivity index (χ4v) is 1.61. The first-order valence-electron chi connectivity index (χ1n) is 7.43. The number of aliphatic hydroxyl groups is 2. The van der Waals surface area contributed by atoms with Crippen LogP contribution in [0.15, 0.2) is 0 Å². The quantitative estimate of drug-likeness (QED) is 0.183. The largest absolute Gasteiger partial charge is 0.480 e. The molecule has 4 amide bonds. The number of nitrogens with one attached hydrogen (secondary N) is 4. The molecule has 0 bridgehead atoms. The van der Waals surface area contributed by atoms with Crippen molar-refractivity contribution in [3.8, 4) is 0 Å². The Morgan fingerprint density at radius 1 is 1.04 bits per heavy atom. The summed E-state index contributed by atoms with van der Waals surface area (Å²) < 4.78 is 0. The summed E-state index contributed by atoms with van der Waals surface area (Å²) >= 11 is 0. The normalized spacial score (nSPS) is 15.0. The van der Waals surface area contributed by atoms with Crippen molar-refractivity contribution in [2.24, 2.45) is 5.73 Å². The first-order chi connectivity index (χ1) is 12.0. The molecule has 0 heterocycles. The number of aliphatic carboxylic acids is 1. The standard InChI is InChI=1S/C13H23N5O8/c1-5(20)3-8(11(23)18-17-10(22)7(14)4-19)15-13(26)16-9(6(2)21)12(24)25/h6-9,19,21H,3-4,14H2,1-2H3,(H,17,22)(H,18,23)(H,24,25)(H2,15,16,26)/t6?,7-,8-,9-/m0/s1. The number of rotatable bonds is 9. The maximum absolute atomic E-state index is 12.0. The highest BCUT2D eigenvalue weighted by atomic mass is 16.4. The number of hydrazine groups is 1. The van der Waals surface area contributed by atoms with E-state index in [9.17, 15) is 29.1 Å². The van der Waals surface area contributed by atoms with Crippen LogP contribution in [0.1, 0.15) is 20.3 Å². The molecule has 13 nitrogen and oxygen atoms in total. The van der Waals surface area contributed by atoms with Gasteiger partial charge < -0.3 is 31.7 Å². The van der Waals surface area contributed by atoms with E-state index in [2.05, 4.69) is 5.32 Å². The van der Waals surface area contributed by atoms with E-state index in [-0.39, 0.29) is 0 Å². The van der Waals surface area contributed by atoms with Gasteiger partial charge in [-0.3, -0.25) is 25.2 Å². The van der Waals surface area contributed by atoms with Gasteiger partial charge in [-0.15, -0.1) is 0 Å². The third kappa shape index (κ3) is 8.36. The summed E-state index contributed by atoms with van der Waals surface area (Å²) in [6.07, 6.45) is -1.87. The van der Waals surface area contributed by atoms with E-state index >= 15 is 0 Å². The van der Waals surface area contributed by atoms with Crippen LogP contribution in [-0.2, 0) is 19.2 Å². The average Bonchev–Trinajstić information content (AvgIpc) is 2.54. The maximum atomic E-state index is 12.0. The van der Waals surface area contributed by atoms with E-state index in [1.807, 2.05) is 16.2 Å². The molecule has 13 heteroatoms. The molecule has 148 valence electrons. The summed E-state index contributed by atoms with van der Waals surface area (Å²) in [6.45, 7) is 1.61. The van der Waals surface area contributed by atoms with Crippen LogP contribution in [-0.4, -0.2) is 75.8 Å². The van der Waals surface area contributed by atoms with Crippen LogP contribution in [0.2, 0.25) is 0 Å². The molecule has 0 rings (SSSR count). The van der Waals surface area contributed by atoms with E-state index in [1.54, 1.807) is 0 Å². The number of carbonyl (C=O) groups excluding carboxylic acids is 4. The molecule has 0 aliphatic rings. The zero-order valence-electron chi connectivity index (χ0n) is 14.2. The zero-order chi connectivity index (χ0) is 20.4. The van der Waals surface area contributed by atoms with E-state index in [1.165, 1.54) is 0 Å². The molecule has 26 heavy (non-hydrogen) atoms. The summed E-state index contributed by atoms with van der Waals surface area (Å²) in [6, 6.07) is -5.50. The van der Waals surface area contributed by atoms with Gasteiger partial charge in [0.2, 0.25) is 0 Å². The molecule has 0 fully saturated rings. The molecule has 9 N–H and O–H groups in total. The number of amides is 4. The summed E-state index contributed by atoms with van der Waals surface area (Å²) in [5.41, 5.74) is 9.04. The Morgan fingerprint density at radius 2 is 1.58 bits per heavy atom. The molecular weight excluding hydrogens is 354 g/mol. The molecule has 0 aliphatic carbocycles. The molecule has 0 saturated heterocycles. The molecule has 0 aromatic carbocycles. The zero-order valence-corrected chi connectivity index (χ0v) is 14.2. The minimum absolute atomic E-state index is 0.451. The third-order valence-electron chi connectivity index (χ3n) is 2.99. The molecule has 0 aliphatic heterocycles. The number of carboxylic acids is 1. The van der Waals surface area contributed by atoms with Gasteiger partial charge >= 0.3 is 12.0 Å². The van der Waals surface area contributed by atoms with Gasteiger partial charge in [-0.1, -0.05) is 0 Å². The SMILES string of the molecule is CC(=O)C[C@H](NC(=O)N[C@H](C(=O)O)C(C)O)C(=O)NNC(=O)[C@@H](N)CO. The minimum atomic E-state index is -1.64.